The normalized spacial score (nSPS) is 14.6. The van der Waals surface area contributed by atoms with Gasteiger partial charge in [0.25, 0.3) is 0 Å². The van der Waals surface area contributed by atoms with Gasteiger partial charge in [-0.05, 0) is 52.9 Å². The molecule has 1 N–H and O–H groups in total. The first-order chi connectivity index (χ1) is 8.09. The van der Waals surface area contributed by atoms with Gasteiger partial charge in [-0.15, -0.1) is 0 Å². The van der Waals surface area contributed by atoms with Crippen molar-refractivity contribution in [3.8, 4) is 0 Å². The molecule has 1 unspecified atom stereocenters. The first-order valence-electron chi connectivity index (χ1n) is 6.41. The van der Waals surface area contributed by atoms with E-state index in [4.69, 9.17) is 0 Å². The van der Waals surface area contributed by atoms with Gasteiger partial charge in [0.15, 0.2) is 0 Å². The van der Waals surface area contributed by atoms with Crippen LogP contribution in [0, 0.1) is 5.41 Å². The van der Waals surface area contributed by atoms with E-state index in [1.165, 1.54) is 18.5 Å². The highest BCUT2D eigenvalue weighted by atomic mass is 79.9. The third-order valence-corrected chi connectivity index (χ3v) is 3.52. The maximum Gasteiger partial charge on any atom is 0.0413 e. The van der Waals surface area contributed by atoms with E-state index in [0.29, 0.717) is 5.41 Å². The number of nitrogens with zero attached hydrogens (tertiary/aromatic N) is 1. The second kappa shape index (κ2) is 7.12. The van der Waals surface area contributed by atoms with Crippen molar-refractivity contribution in [2.45, 2.75) is 40.0 Å². The lowest BCUT2D eigenvalue weighted by Gasteiger charge is -2.29. The van der Waals surface area contributed by atoms with Crippen molar-refractivity contribution in [2.24, 2.45) is 5.41 Å². The quantitative estimate of drug-likeness (QED) is 0.828. The molecule has 0 aliphatic rings. The van der Waals surface area contributed by atoms with Crippen molar-refractivity contribution in [2.75, 3.05) is 13.1 Å². The summed E-state index contributed by atoms with van der Waals surface area (Å²) in [7, 11) is 0. The predicted molar refractivity (Wildman–Crippen MR) is 77.2 cm³/mol. The van der Waals surface area contributed by atoms with Gasteiger partial charge in [0, 0.05) is 22.9 Å². The zero-order valence-electron chi connectivity index (χ0n) is 11.1. The smallest absolute Gasteiger partial charge is 0.0413 e. The third kappa shape index (κ3) is 5.17. The molecular weight excluding hydrogens is 276 g/mol. The Morgan fingerprint density at radius 1 is 1.35 bits per heavy atom. The maximum atomic E-state index is 4.48. The van der Waals surface area contributed by atoms with Crippen LogP contribution in [0.1, 0.15) is 39.3 Å². The Morgan fingerprint density at radius 3 is 2.65 bits per heavy atom. The number of rotatable bonds is 7. The van der Waals surface area contributed by atoms with E-state index in [2.05, 4.69) is 59.1 Å². The average molecular weight is 299 g/mol. The fourth-order valence-corrected chi connectivity index (χ4v) is 2.45. The van der Waals surface area contributed by atoms with E-state index in [0.717, 1.165) is 24.0 Å². The molecule has 0 fully saturated rings. The predicted octanol–water partition coefficient (Wildman–Crippen LogP) is 3.80. The molecule has 1 aromatic rings. The number of nitrogens with one attached hydrogen (secondary N) is 1. The van der Waals surface area contributed by atoms with Gasteiger partial charge in [-0.25, -0.2) is 0 Å². The van der Waals surface area contributed by atoms with Crippen molar-refractivity contribution >= 4 is 15.9 Å². The van der Waals surface area contributed by atoms with Crippen molar-refractivity contribution in [1.29, 1.82) is 0 Å². The van der Waals surface area contributed by atoms with Crippen molar-refractivity contribution in [3.05, 3.63) is 28.5 Å². The number of aromatic nitrogens is 1. The molecule has 0 bridgehead atoms. The molecule has 0 saturated heterocycles. The van der Waals surface area contributed by atoms with Gasteiger partial charge in [-0.3, -0.25) is 4.98 Å². The van der Waals surface area contributed by atoms with Gasteiger partial charge >= 0.3 is 0 Å². The van der Waals surface area contributed by atoms with Crippen molar-refractivity contribution in [3.63, 3.8) is 0 Å². The molecular formula is C14H23BrN2. The molecule has 1 aromatic heterocycles. The molecule has 0 amide bonds. The van der Waals surface area contributed by atoms with Gasteiger partial charge < -0.3 is 5.32 Å². The highest BCUT2D eigenvalue weighted by Crippen LogP contribution is 2.27. The molecule has 1 rings (SSSR count). The first-order valence-corrected chi connectivity index (χ1v) is 7.20. The van der Waals surface area contributed by atoms with Crippen LogP contribution < -0.4 is 5.32 Å². The van der Waals surface area contributed by atoms with E-state index in [1.54, 1.807) is 0 Å². The summed E-state index contributed by atoms with van der Waals surface area (Å²) in [5, 5.41) is 3.47. The number of halogens is 1. The summed E-state index contributed by atoms with van der Waals surface area (Å²) in [6.07, 6.45) is 5.38. The summed E-state index contributed by atoms with van der Waals surface area (Å²) in [4.78, 5) is 4.48. The SMILES string of the molecule is CCCC(C)(CNCC)Cc1ccc(Br)cn1. The minimum atomic E-state index is 0.311. The zero-order chi connectivity index (χ0) is 12.7. The van der Waals surface area contributed by atoms with Crippen molar-refractivity contribution in [1.82, 2.24) is 10.3 Å². The van der Waals surface area contributed by atoms with E-state index in [9.17, 15) is 0 Å². The Hall–Kier alpha value is -0.410. The summed E-state index contributed by atoms with van der Waals surface area (Å²) in [5.41, 5.74) is 1.49. The lowest BCUT2D eigenvalue weighted by atomic mass is 9.81. The van der Waals surface area contributed by atoms with Gasteiger partial charge in [-0.2, -0.15) is 0 Å². The minimum Gasteiger partial charge on any atom is -0.316 e. The lowest BCUT2D eigenvalue weighted by Crippen LogP contribution is -2.33. The van der Waals surface area contributed by atoms with Gasteiger partial charge in [0.05, 0.1) is 0 Å². The summed E-state index contributed by atoms with van der Waals surface area (Å²) in [6, 6.07) is 4.19. The second-order valence-corrected chi connectivity index (χ2v) is 5.90. The Labute approximate surface area is 113 Å². The van der Waals surface area contributed by atoms with Gasteiger partial charge in [-0.1, -0.05) is 27.2 Å². The summed E-state index contributed by atoms with van der Waals surface area (Å²) < 4.78 is 1.05. The zero-order valence-corrected chi connectivity index (χ0v) is 12.7. The lowest BCUT2D eigenvalue weighted by molar-refractivity contribution is 0.275. The van der Waals surface area contributed by atoms with Crippen LogP contribution in [0.4, 0.5) is 0 Å². The molecule has 0 aromatic carbocycles. The van der Waals surface area contributed by atoms with Crippen LogP contribution in [0.3, 0.4) is 0 Å². The fraction of sp³-hybridized carbons (Fsp3) is 0.643. The molecule has 0 spiro atoms. The van der Waals surface area contributed by atoms with Crippen molar-refractivity contribution < 1.29 is 0 Å². The molecule has 1 heterocycles. The highest BCUT2D eigenvalue weighted by molar-refractivity contribution is 9.10. The van der Waals surface area contributed by atoms with Crippen LogP contribution in [0.2, 0.25) is 0 Å². The Morgan fingerprint density at radius 2 is 2.12 bits per heavy atom. The van der Waals surface area contributed by atoms with E-state index in [-0.39, 0.29) is 0 Å². The molecule has 17 heavy (non-hydrogen) atoms. The number of hydrogen-bond acceptors (Lipinski definition) is 2. The third-order valence-electron chi connectivity index (χ3n) is 3.05. The molecule has 96 valence electrons. The minimum absolute atomic E-state index is 0.311. The Bertz CT molecular complexity index is 323. The van der Waals surface area contributed by atoms with Crippen LogP contribution in [-0.2, 0) is 6.42 Å². The van der Waals surface area contributed by atoms with Crippen LogP contribution in [-0.4, -0.2) is 18.1 Å². The van der Waals surface area contributed by atoms with E-state index >= 15 is 0 Å². The van der Waals surface area contributed by atoms with Gasteiger partial charge in [0.2, 0.25) is 0 Å². The fourth-order valence-electron chi connectivity index (χ4n) is 2.22. The molecule has 2 nitrogen and oxygen atoms in total. The number of hydrogen-bond donors (Lipinski definition) is 1. The van der Waals surface area contributed by atoms with Crippen LogP contribution in [0.5, 0.6) is 0 Å². The summed E-state index contributed by atoms with van der Waals surface area (Å²) >= 11 is 3.42. The van der Waals surface area contributed by atoms with Gasteiger partial charge in [0.1, 0.15) is 0 Å². The summed E-state index contributed by atoms with van der Waals surface area (Å²) in [5.74, 6) is 0. The Kier molecular flexibility index (Phi) is 6.14. The molecule has 3 heteroatoms. The van der Waals surface area contributed by atoms with Crippen LogP contribution in [0.25, 0.3) is 0 Å². The topological polar surface area (TPSA) is 24.9 Å². The molecule has 0 aliphatic carbocycles. The molecule has 0 radical (unpaired) electrons. The maximum absolute atomic E-state index is 4.48. The second-order valence-electron chi connectivity index (χ2n) is 4.99. The molecule has 0 saturated carbocycles. The largest absolute Gasteiger partial charge is 0.316 e. The van der Waals surface area contributed by atoms with E-state index in [1.807, 2.05) is 6.20 Å². The number of pyridine rings is 1. The average Bonchev–Trinajstić information content (AvgIpc) is 2.30. The highest BCUT2D eigenvalue weighted by Gasteiger charge is 2.23. The van der Waals surface area contributed by atoms with Crippen LogP contribution in [0.15, 0.2) is 22.8 Å². The van der Waals surface area contributed by atoms with E-state index < -0.39 is 0 Å². The first kappa shape index (κ1) is 14.7. The molecule has 0 aliphatic heterocycles. The molecule has 1 atom stereocenters. The standard InChI is InChI=1S/C14H23BrN2/c1-4-8-14(3,11-16-5-2)9-13-7-6-12(15)10-17-13/h6-7,10,16H,4-5,8-9,11H2,1-3H3. The summed E-state index contributed by atoms with van der Waals surface area (Å²) in [6.45, 7) is 8.86. The Balaban J connectivity index is 2.67. The van der Waals surface area contributed by atoms with Crippen LogP contribution >= 0.6 is 15.9 Å². The monoisotopic (exact) mass is 298 g/mol.